The molecule has 0 spiro atoms. The number of fused-ring (bicyclic) bond motifs is 1. The van der Waals surface area contributed by atoms with Crippen molar-refractivity contribution in [3.05, 3.63) is 59.5 Å². The van der Waals surface area contributed by atoms with Crippen molar-refractivity contribution < 1.29 is 22.7 Å². The molecule has 1 heterocycles. The molecule has 0 atom stereocenters. The second-order valence-corrected chi connectivity index (χ2v) is 8.38. The largest absolute Gasteiger partial charge is 0.543 e. The number of aromatic amines is 1. The predicted molar refractivity (Wildman–Crippen MR) is 98.4 cm³/mol. The Morgan fingerprint density at radius 3 is 2.44 bits per heavy atom. The van der Waals surface area contributed by atoms with Gasteiger partial charge in [-0.15, -0.1) is 0 Å². The van der Waals surface area contributed by atoms with E-state index in [2.05, 4.69) is 23.6 Å². The van der Waals surface area contributed by atoms with Crippen molar-refractivity contribution in [2.75, 3.05) is 4.72 Å². The maximum absolute atomic E-state index is 13.6. The molecule has 0 aliphatic carbocycles. The fourth-order valence-corrected chi connectivity index (χ4v) is 3.99. The normalized spacial score (nSPS) is 11.9. The zero-order chi connectivity index (χ0) is 19.8. The number of anilines is 1. The van der Waals surface area contributed by atoms with E-state index in [4.69, 9.17) is 0 Å². The summed E-state index contributed by atoms with van der Waals surface area (Å²) >= 11 is 0. The van der Waals surface area contributed by atoms with Crippen LogP contribution in [-0.4, -0.2) is 19.4 Å². The molecule has 3 rings (SSSR count). The van der Waals surface area contributed by atoms with Gasteiger partial charge < -0.3 is 14.9 Å². The third-order valence-corrected chi connectivity index (χ3v) is 5.44. The van der Waals surface area contributed by atoms with Gasteiger partial charge in [-0.3, -0.25) is 4.72 Å². The Labute approximate surface area is 156 Å². The zero-order valence-corrected chi connectivity index (χ0v) is 15.6. The van der Waals surface area contributed by atoms with Gasteiger partial charge in [-0.25, -0.2) is 12.8 Å². The smallest absolute Gasteiger partial charge is 0.261 e. The average Bonchev–Trinajstić information content (AvgIpc) is 2.92. The molecule has 0 aliphatic heterocycles. The highest BCUT2D eigenvalue weighted by molar-refractivity contribution is 7.92. The van der Waals surface area contributed by atoms with Crippen molar-refractivity contribution in [3.8, 4) is 0 Å². The van der Waals surface area contributed by atoms with Gasteiger partial charge in [0.1, 0.15) is 5.82 Å². The molecule has 0 saturated carbocycles. The molecule has 1 aromatic heterocycles. The minimum atomic E-state index is -4.07. The lowest BCUT2D eigenvalue weighted by atomic mass is 10.0. The number of carbonyl (C=O) groups excluding carboxylic acids is 1. The Morgan fingerprint density at radius 2 is 1.85 bits per heavy atom. The Morgan fingerprint density at radius 1 is 1.19 bits per heavy atom. The maximum Gasteiger partial charge on any atom is 0.261 e. The van der Waals surface area contributed by atoms with E-state index in [1.165, 1.54) is 18.2 Å². The number of carboxylic acid groups (broad SMARTS) is 1. The highest BCUT2D eigenvalue weighted by atomic mass is 32.2. The van der Waals surface area contributed by atoms with Gasteiger partial charge >= 0.3 is 0 Å². The summed E-state index contributed by atoms with van der Waals surface area (Å²) < 4.78 is 41.2. The molecular weight excluding hydrogens is 371 g/mol. The summed E-state index contributed by atoms with van der Waals surface area (Å²) in [5.74, 6) is -1.79. The molecule has 142 valence electrons. The fourth-order valence-electron chi connectivity index (χ4n) is 2.89. The lowest BCUT2D eigenvalue weighted by Crippen LogP contribution is -2.25. The van der Waals surface area contributed by atoms with Gasteiger partial charge in [0.05, 0.1) is 22.2 Å². The predicted octanol–water partition coefficient (Wildman–Crippen LogP) is 2.67. The Kier molecular flexibility index (Phi) is 4.93. The molecular formula is C19H18FN2O4S-. The molecule has 0 amide bonds. The summed E-state index contributed by atoms with van der Waals surface area (Å²) in [5.41, 5.74) is 0.556. The summed E-state index contributed by atoms with van der Waals surface area (Å²) in [6.45, 7) is 4.12. The molecule has 2 N–H and O–H groups in total. The van der Waals surface area contributed by atoms with Crippen molar-refractivity contribution in [2.45, 2.75) is 25.2 Å². The number of hydrogen-bond donors (Lipinski definition) is 2. The first-order chi connectivity index (χ1) is 12.7. The van der Waals surface area contributed by atoms with Crippen molar-refractivity contribution in [2.24, 2.45) is 5.92 Å². The highest BCUT2D eigenvalue weighted by Gasteiger charge is 2.21. The number of H-pyrrole nitrogens is 1. The van der Waals surface area contributed by atoms with Crippen molar-refractivity contribution >= 4 is 32.6 Å². The van der Waals surface area contributed by atoms with Crippen LogP contribution in [0.2, 0.25) is 0 Å². The van der Waals surface area contributed by atoms with E-state index in [0.29, 0.717) is 5.92 Å². The van der Waals surface area contributed by atoms with Gasteiger partial charge in [0.25, 0.3) is 10.0 Å². The molecule has 27 heavy (non-hydrogen) atoms. The van der Waals surface area contributed by atoms with E-state index in [-0.39, 0.29) is 21.5 Å². The second kappa shape index (κ2) is 7.03. The number of nitrogens with one attached hydrogen (secondary N) is 2. The molecule has 0 saturated heterocycles. The van der Waals surface area contributed by atoms with Gasteiger partial charge in [-0.2, -0.15) is 0 Å². The molecule has 2 aromatic carbocycles. The van der Waals surface area contributed by atoms with Gasteiger partial charge in [0.2, 0.25) is 0 Å². The van der Waals surface area contributed by atoms with Gasteiger partial charge in [0, 0.05) is 10.9 Å². The standard InChI is InChI=1S/C19H19FN2O4S/c1-11(2)9-12-3-6-14(7-4-12)27(25,26)22-17-15-10-13(20)5-8-16(15)21-18(17)19(23)24/h3-8,10-11,21-22H,9H2,1-2H3,(H,23,24)/p-1. The SMILES string of the molecule is CC(C)Cc1ccc(S(=O)(=O)Nc2c(C(=O)[O-])[nH]c3ccc(F)cc23)cc1. The first kappa shape index (κ1) is 18.9. The van der Waals surface area contributed by atoms with E-state index in [0.717, 1.165) is 24.1 Å². The number of sulfonamides is 1. The molecule has 0 bridgehead atoms. The molecule has 0 radical (unpaired) electrons. The van der Waals surface area contributed by atoms with Crippen LogP contribution in [0.3, 0.4) is 0 Å². The fraction of sp³-hybridized carbons (Fsp3) is 0.211. The molecule has 3 aromatic rings. The molecule has 0 unspecified atom stereocenters. The number of aromatic nitrogens is 1. The van der Waals surface area contributed by atoms with Crippen LogP contribution in [-0.2, 0) is 16.4 Å². The number of hydrogen-bond acceptors (Lipinski definition) is 4. The van der Waals surface area contributed by atoms with Crippen molar-refractivity contribution in [3.63, 3.8) is 0 Å². The lowest BCUT2D eigenvalue weighted by molar-refractivity contribution is -0.255. The Bertz CT molecular complexity index is 1100. The first-order valence-corrected chi connectivity index (χ1v) is 9.80. The second-order valence-electron chi connectivity index (χ2n) is 6.70. The Hall–Kier alpha value is -2.87. The summed E-state index contributed by atoms with van der Waals surface area (Å²) in [6, 6.07) is 9.86. The van der Waals surface area contributed by atoms with Crippen LogP contribution in [0.1, 0.15) is 29.9 Å². The van der Waals surface area contributed by atoms with Crippen LogP contribution in [0.5, 0.6) is 0 Å². The zero-order valence-electron chi connectivity index (χ0n) is 14.7. The van der Waals surface area contributed by atoms with Crippen molar-refractivity contribution in [1.29, 1.82) is 0 Å². The van der Waals surface area contributed by atoms with Crippen LogP contribution in [0.15, 0.2) is 47.4 Å². The topological polar surface area (TPSA) is 102 Å². The number of carboxylic acids is 1. The molecule has 8 heteroatoms. The number of benzene rings is 2. The van der Waals surface area contributed by atoms with Crippen molar-refractivity contribution in [1.82, 2.24) is 4.98 Å². The van der Waals surface area contributed by atoms with Gasteiger partial charge in [-0.05, 0) is 48.2 Å². The minimum absolute atomic E-state index is 0.0231. The first-order valence-electron chi connectivity index (χ1n) is 8.31. The van der Waals surface area contributed by atoms with Crippen LogP contribution in [0.4, 0.5) is 10.1 Å². The molecule has 6 nitrogen and oxygen atoms in total. The third kappa shape index (κ3) is 3.95. The lowest BCUT2D eigenvalue weighted by Gasteiger charge is -2.11. The number of halogens is 1. The van der Waals surface area contributed by atoms with E-state index in [1.807, 2.05) is 0 Å². The highest BCUT2D eigenvalue weighted by Crippen LogP contribution is 2.30. The van der Waals surface area contributed by atoms with Gasteiger partial charge in [-0.1, -0.05) is 26.0 Å². The monoisotopic (exact) mass is 389 g/mol. The van der Waals surface area contributed by atoms with Crippen LogP contribution < -0.4 is 9.83 Å². The maximum atomic E-state index is 13.6. The van der Waals surface area contributed by atoms with E-state index in [1.54, 1.807) is 12.1 Å². The van der Waals surface area contributed by atoms with E-state index >= 15 is 0 Å². The summed E-state index contributed by atoms with van der Waals surface area (Å²) in [4.78, 5) is 13.9. The van der Waals surface area contributed by atoms with E-state index in [9.17, 15) is 22.7 Å². The van der Waals surface area contributed by atoms with Crippen LogP contribution in [0.25, 0.3) is 10.9 Å². The summed E-state index contributed by atoms with van der Waals surface area (Å²) in [5, 5.41) is 11.5. The van der Waals surface area contributed by atoms with Crippen LogP contribution in [0, 0.1) is 11.7 Å². The summed E-state index contributed by atoms with van der Waals surface area (Å²) in [6.07, 6.45) is 0.810. The van der Waals surface area contributed by atoms with E-state index < -0.39 is 27.5 Å². The quantitative estimate of drug-likeness (QED) is 0.677. The average molecular weight is 389 g/mol. The Balaban J connectivity index is 2.01. The van der Waals surface area contributed by atoms with Crippen LogP contribution >= 0.6 is 0 Å². The number of rotatable bonds is 6. The number of aromatic carboxylic acids is 1. The van der Waals surface area contributed by atoms with Gasteiger partial charge in [0.15, 0.2) is 0 Å². The molecule has 0 aliphatic rings. The number of carbonyl (C=O) groups is 1. The third-order valence-electron chi connectivity index (χ3n) is 4.08. The molecule has 0 fully saturated rings. The summed E-state index contributed by atoms with van der Waals surface area (Å²) in [7, 11) is -4.07. The minimum Gasteiger partial charge on any atom is -0.543 e.